The second-order valence-electron chi connectivity index (χ2n) is 1.63. The SMILES string of the molecule is CCOC(=O)C(F)[P+](C)=O. The van der Waals surface area contributed by atoms with Gasteiger partial charge in [0, 0.05) is 0 Å². The number of esters is 1. The number of alkyl halides is 1. The summed E-state index contributed by atoms with van der Waals surface area (Å²) in [7, 11) is -2.10. The summed E-state index contributed by atoms with van der Waals surface area (Å²) >= 11 is 0. The molecule has 0 saturated carbocycles. The van der Waals surface area contributed by atoms with Crippen LogP contribution in [0.3, 0.4) is 0 Å². The van der Waals surface area contributed by atoms with Crippen molar-refractivity contribution in [1.82, 2.24) is 0 Å². The molecule has 0 spiro atoms. The molecule has 0 aromatic carbocycles. The zero-order chi connectivity index (χ0) is 8.15. The minimum Gasteiger partial charge on any atom is -0.461 e. The van der Waals surface area contributed by atoms with E-state index in [-0.39, 0.29) is 6.61 Å². The fraction of sp³-hybridized carbons (Fsp3) is 0.800. The maximum absolute atomic E-state index is 12.3. The van der Waals surface area contributed by atoms with E-state index < -0.39 is 19.7 Å². The summed E-state index contributed by atoms with van der Waals surface area (Å²) in [4.78, 5) is 10.4. The second kappa shape index (κ2) is 4.34. The molecule has 58 valence electrons. The van der Waals surface area contributed by atoms with Crippen LogP contribution in [0.2, 0.25) is 0 Å². The third-order valence-corrected chi connectivity index (χ3v) is 1.65. The van der Waals surface area contributed by atoms with Gasteiger partial charge in [0.05, 0.1) is 6.61 Å². The standard InChI is InChI=1S/C5H9FO3P/c1-3-9-5(7)4(6)10(2)8/h4H,3H2,1-2H3/q+1. The summed E-state index contributed by atoms with van der Waals surface area (Å²) in [6, 6.07) is 0. The van der Waals surface area contributed by atoms with Crippen LogP contribution in [0.1, 0.15) is 6.92 Å². The highest BCUT2D eigenvalue weighted by atomic mass is 31.1. The van der Waals surface area contributed by atoms with Gasteiger partial charge in [0.15, 0.2) is 0 Å². The molecule has 5 heteroatoms. The van der Waals surface area contributed by atoms with Crippen molar-refractivity contribution in [3.05, 3.63) is 0 Å². The molecule has 2 atom stereocenters. The Morgan fingerprint density at radius 3 is 2.60 bits per heavy atom. The molecule has 0 aliphatic heterocycles. The Kier molecular flexibility index (Phi) is 4.12. The predicted octanol–water partition coefficient (Wildman–Crippen LogP) is 1.30. The highest BCUT2D eigenvalue weighted by Gasteiger charge is 2.34. The molecule has 0 radical (unpaired) electrons. The number of rotatable bonds is 3. The van der Waals surface area contributed by atoms with E-state index >= 15 is 0 Å². The fourth-order valence-corrected chi connectivity index (χ4v) is 0.731. The summed E-state index contributed by atoms with van der Waals surface area (Å²) in [5, 5.41) is 0. The molecule has 2 unspecified atom stereocenters. The van der Waals surface area contributed by atoms with Crippen LogP contribution >= 0.6 is 7.80 Å². The van der Waals surface area contributed by atoms with E-state index in [1.807, 2.05) is 0 Å². The van der Waals surface area contributed by atoms with Gasteiger partial charge in [0.2, 0.25) is 0 Å². The van der Waals surface area contributed by atoms with Gasteiger partial charge in [-0.25, -0.2) is 4.79 Å². The van der Waals surface area contributed by atoms with Crippen molar-refractivity contribution in [2.45, 2.75) is 12.8 Å². The minimum atomic E-state index is -2.10. The van der Waals surface area contributed by atoms with E-state index in [9.17, 15) is 13.8 Å². The number of carbonyl (C=O) groups is 1. The lowest BCUT2D eigenvalue weighted by molar-refractivity contribution is -0.145. The Morgan fingerprint density at radius 1 is 1.80 bits per heavy atom. The number of hydrogen-bond acceptors (Lipinski definition) is 3. The van der Waals surface area contributed by atoms with E-state index in [1.54, 1.807) is 6.92 Å². The maximum Gasteiger partial charge on any atom is 0.391 e. The third-order valence-electron chi connectivity index (χ3n) is 0.800. The molecule has 0 aromatic heterocycles. The van der Waals surface area contributed by atoms with Crippen LogP contribution in [-0.2, 0) is 14.1 Å². The lowest BCUT2D eigenvalue weighted by Gasteiger charge is -1.96. The number of hydrogen-bond donors (Lipinski definition) is 0. The summed E-state index contributed by atoms with van der Waals surface area (Å²) in [6.45, 7) is 2.83. The quantitative estimate of drug-likeness (QED) is 0.470. The van der Waals surface area contributed by atoms with Gasteiger partial charge in [-0.05, 0) is 6.92 Å². The number of carbonyl (C=O) groups excluding carboxylic acids is 1. The lowest BCUT2D eigenvalue weighted by Crippen LogP contribution is -2.14. The van der Waals surface area contributed by atoms with Crippen LogP contribution in [0, 0.1) is 0 Å². The summed E-state index contributed by atoms with van der Waals surface area (Å²) in [5.74, 6) is -3.00. The van der Waals surface area contributed by atoms with Gasteiger partial charge in [-0.2, -0.15) is 4.39 Å². The fourth-order valence-electron chi connectivity index (χ4n) is 0.359. The molecular weight excluding hydrogens is 158 g/mol. The lowest BCUT2D eigenvalue weighted by atomic mass is 10.7. The first-order chi connectivity index (χ1) is 4.59. The topological polar surface area (TPSA) is 43.4 Å². The van der Waals surface area contributed by atoms with Gasteiger partial charge in [0.25, 0.3) is 0 Å². The van der Waals surface area contributed by atoms with Crippen molar-refractivity contribution in [2.24, 2.45) is 0 Å². The Bertz CT molecular complexity index is 148. The molecule has 0 aliphatic carbocycles. The van der Waals surface area contributed by atoms with Gasteiger partial charge in [-0.1, -0.05) is 4.57 Å². The number of halogens is 1. The monoisotopic (exact) mass is 167 g/mol. The molecule has 0 rings (SSSR count). The van der Waals surface area contributed by atoms with Crippen LogP contribution in [-0.4, -0.2) is 25.2 Å². The zero-order valence-corrected chi connectivity index (χ0v) is 6.73. The molecule has 0 N–H and O–H groups in total. The smallest absolute Gasteiger partial charge is 0.391 e. The van der Waals surface area contributed by atoms with E-state index in [0.717, 1.165) is 6.66 Å². The van der Waals surface area contributed by atoms with Crippen LogP contribution in [0.5, 0.6) is 0 Å². The average Bonchev–Trinajstić information content (AvgIpc) is 1.87. The Labute approximate surface area is 59.3 Å². The van der Waals surface area contributed by atoms with E-state index in [0.29, 0.717) is 0 Å². The van der Waals surface area contributed by atoms with Gasteiger partial charge < -0.3 is 4.74 Å². The molecular formula is C5H9FO3P+. The van der Waals surface area contributed by atoms with E-state index in [1.165, 1.54) is 0 Å². The van der Waals surface area contributed by atoms with Crippen molar-refractivity contribution >= 4 is 13.8 Å². The molecule has 0 amide bonds. The van der Waals surface area contributed by atoms with Crippen LogP contribution < -0.4 is 0 Å². The molecule has 0 aromatic rings. The highest BCUT2D eigenvalue weighted by Crippen LogP contribution is 2.24. The largest absolute Gasteiger partial charge is 0.461 e. The van der Waals surface area contributed by atoms with E-state index in [2.05, 4.69) is 4.74 Å². The summed E-state index contributed by atoms with van der Waals surface area (Å²) in [6.07, 6.45) is 0. The summed E-state index contributed by atoms with van der Waals surface area (Å²) < 4.78 is 26.9. The van der Waals surface area contributed by atoms with Gasteiger partial charge >= 0.3 is 19.7 Å². The van der Waals surface area contributed by atoms with E-state index in [4.69, 9.17) is 0 Å². The number of ether oxygens (including phenoxy) is 1. The zero-order valence-electron chi connectivity index (χ0n) is 5.83. The molecule has 0 aliphatic rings. The van der Waals surface area contributed by atoms with Crippen molar-refractivity contribution in [2.75, 3.05) is 13.3 Å². The molecule has 10 heavy (non-hydrogen) atoms. The highest BCUT2D eigenvalue weighted by molar-refractivity contribution is 7.45. The van der Waals surface area contributed by atoms with Gasteiger partial charge in [-0.15, -0.1) is 0 Å². The Morgan fingerprint density at radius 2 is 2.30 bits per heavy atom. The maximum atomic E-state index is 12.3. The van der Waals surface area contributed by atoms with Crippen LogP contribution in [0.4, 0.5) is 4.39 Å². The molecule has 0 fully saturated rings. The first kappa shape index (κ1) is 9.50. The van der Waals surface area contributed by atoms with Crippen molar-refractivity contribution < 1.29 is 18.5 Å². The second-order valence-corrected chi connectivity index (χ2v) is 3.18. The van der Waals surface area contributed by atoms with Crippen molar-refractivity contribution in [3.63, 3.8) is 0 Å². The van der Waals surface area contributed by atoms with Gasteiger partial charge in [-0.3, -0.25) is 0 Å². The van der Waals surface area contributed by atoms with Crippen LogP contribution in [0.15, 0.2) is 0 Å². The minimum absolute atomic E-state index is 0.114. The predicted molar refractivity (Wildman–Crippen MR) is 35.1 cm³/mol. The van der Waals surface area contributed by atoms with Gasteiger partial charge in [0.1, 0.15) is 6.66 Å². The Balaban J connectivity index is 3.82. The molecule has 0 heterocycles. The average molecular weight is 167 g/mol. The summed E-state index contributed by atoms with van der Waals surface area (Å²) in [5.41, 5.74) is 0. The van der Waals surface area contributed by atoms with Crippen LogP contribution in [0.25, 0.3) is 0 Å². The van der Waals surface area contributed by atoms with Crippen molar-refractivity contribution in [1.29, 1.82) is 0 Å². The van der Waals surface area contributed by atoms with Crippen molar-refractivity contribution in [3.8, 4) is 0 Å². The Hall–Kier alpha value is -0.500. The first-order valence-electron chi connectivity index (χ1n) is 2.80. The first-order valence-corrected chi connectivity index (χ1v) is 4.57. The molecule has 3 nitrogen and oxygen atoms in total. The molecule has 0 saturated heterocycles. The third kappa shape index (κ3) is 2.87. The normalized spacial score (nSPS) is 14.1. The molecule has 0 bridgehead atoms.